The van der Waals surface area contributed by atoms with E-state index in [1.54, 1.807) is 17.5 Å². The van der Waals surface area contributed by atoms with Gasteiger partial charge in [0.15, 0.2) is 0 Å². The van der Waals surface area contributed by atoms with Gasteiger partial charge in [0.25, 0.3) is 5.78 Å². The molecule has 2 aromatic rings. The van der Waals surface area contributed by atoms with E-state index in [0.717, 1.165) is 10.7 Å². The molecule has 0 unspecified atom stereocenters. The molecule has 0 radical (unpaired) electrons. The number of nitrogens with zero attached hydrogens (tertiary/aromatic N) is 4. The highest BCUT2D eigenvalue weighted by Gasteiger charge is 2.09. The van der Waals surface area contributed by atoms with Crippen LogP contribution in [0.2, 0.25) is 0 Å². The average molecular weight is 238 g/mol. The smallest absolute Gasteiger partial charge is 0.313 e. The van der Waals surface area contributed by atoms with Crippen molar-refractivity contribution in [2.45, 2.75) is 18.9 Å². The molecule has 16 heavy (non-hydrogen) atoms. The lowest BCUT2D eigenvalue weighted by Gasteiger charge is -2.02. The van der Waals surface area contributed by atoms with Crippen LogP contribution in [0.5, 0.6) is 0 Å². The molecular weight excluding hydrogens is 228 g/mol. The number of thioether (sulfide) groups is 1. The number of carboxylic acids is 1. The Morgan fingerprint density at radius 2 is 2.25 bits per heavy atom. The van der Waals surface area contributed by atoms with E-state index in [1.807, 2.05) is 6.92 Å². The molecule has 0 aliphatic heterocycles. The van der Waals surface area contributed by atoms with Crippen LogP contribution in [0, 0.1) is 13.8 Å². The summed E-state index contributed by atoms with van der Waals surface area (Å²) < 4.78 is 1.57. The van der Waals surface area contributed by atoms with E-state index in [9.17, 15) is 4.79 Å². The fourth-order valence-electron chi connectivity index (χ4n) is 1.29. The van der Waals surface area contributed by atoms with Crippen molar-refractivity contribution in [3.8, 4) is 0 Å². The maximum Gasteiger partial charge on any atom is 0.313 e. The van der Waals surface area contributed by atoms with Crippen molar-refractivity contribution in [2.24, 2.45) is 0 Å². The fraction of sp³-hybridized carbons (Fsp3) is 0.333. The predicted octanol–water partition coefficient (Wildman–Crippen LogP) is 0.918. The van der Waals surface area contributed by atoms with Gasteiger partial charge in [-0.15, -0.1) is 5.10 Å². The first kappa shape index (κ1) is 10.9. The molecule has 2 heterocycles. The Morgan fingerprint density at radius 3 is 2.94 bits per heavy atom. The van der Waals surface area contributed by atoms with Gasteiger partial charge in [-0.1, -0.05) is 11.8 Å². The normalized spacial score (nSPS) is 10.9. The molecule has 0 spiro atoms. The van der Waals surface area contributed by atoms with Crippen molar-refractivity contribution in [2.75, 3.05) is 5.75 Å². The molecule has 84 valence electrons. The molecule has 2 rings (SSSR count). The van der Waals surface area contributed by atoms with Crippen molar-refractivity contribution in [1.29, 1.82) is 0 Å². The van der Waals surface area contributed by atoms with Crippen LogP contribution >= 0.6 is 11.8 Å². The molecule has 0 saturated carbocycles. The second-order valence-electron chi connectivity index (χ2n) is 3.29. The van der Waals surface area contributed by atoms with Crippen LogP contribution in [0.15, 0.2) is 11.1 Å². The molecule has 0 amide bonds. The number of carboxylic acid groups (broad SMARTS) is 1. The van der Waals surface area contributed by atoms with Gasteiger partial charge in [0.1, 0.15) is 10.9 Å². The van der Waals surface area contributed by atoms with Gasteiger partial charge in [-0.05, 0) is 19.9 Å². The topological polar surface area (TPSA) is 80.4 Å². The first-order valence-electron chi connectivity index (χ1n) is 4.62. The van der Waals surface area contributed by atoms with Crippen LogP contribution in [-0.2, 0) is 4.79 Å². The molecule has 0 aliphatic carbocycles. The Morgan fingerprint density at radius 1 is 1.50 bits per heavy atom. The second kappa shape index (κ2) is 4.09. The third-order valence-electron chi connectivity index (χ3n) is 1.86. The molecule has 0 aromatic carbocycles. The lowest BCUT2D eigenvalue weighted by Crippen LogP contribution is -2.02. The molecule has 0 aliphatic rings. The Kier molecular flexibility index (Phi) is 2.78. The lowest BCUT2D eigenvalue weighted by molar-refractivity contribution is -0.133. The van der Waals surface area contributed by atoms with E-state index in [1.165, 1.54) is 11.8 Å². The van der Waals surface area contributed by atoms with Crippen LogP contribution in [0.25, 0.3) is 5.78 Å². The molecule has 2 aromatic heterocycles. The molecule has 1 N–H and O–H groups in total. The first-order chi connectivity index (χ1) is 7.56. The van der Waals surface area contributed by atoms with Gasteiger partial charge >= 0.3 is 5.97 Å². The minimum Gasteiger partial charge on any atom is -0.481 e. The summed E-state index contributed by atoms with van der Waals surface area (Å²) in [6, 6.07) is 1.80. The van der Waals surface area contributed by atoms with E-state index in [2.05, 4.69) is 15.1 Å². The molecule has 0 fully saturated rings. The SMILES string of the molecule is Cc1cc(SCC(=O)O)n2nc(C)nc2n1. The van der Waals surface area contributed by atoms with Gasteiger partial charge in [0.05, 0.1) is 5.75 Å². The van der Waals surface area contributed by atoms with Crippen molar-refractivity contribution < 1.29 is 9.90 Å². The lowest BCUT2D eigenvalue weighted by atomic mass is 10.5. The zero-order valence-electron chi connectivity index (χ0n) is 8.84. The maximum atomic E-state index is 10.5. The zero-order valence-corrected chi connectivity index (χ0v) is 9.65. The minimum absolute atomic E-state index is 0.00252. The summed E-state index contributed by atoms with van der Waals surface area (Å²) >= 11 is 1.21. The van der Waals surface area contributed by atoms with Crippen molar-refractivity contribution >= 4 is 23.5 Å². The summed E-state index contributed by atoms with van der Waals surface area (Å²) in [6.45, 7) is 3.62. The number of hydrogen-bond donors (Lipinski definition) is 1. The van der Waals surface area contributed by atoms with Crippen molar-refractivity contribution in [3.05, 3.63) is 17.6 Å². The number of carbonyl (C=O) groups is 1. The summed E-state index contributed by atoms with van der Waals surface area (Å²) in [5, 5.41) is 13.5. The quantitative estimate of drug-likeness (QED) is 0.632. The molecular formula is C9H10N4O2S. The number of rotatable bonds is 3. The highest BCUT2D eigenvalue weighted by Crippen LogP contribution is 2.18. The molecule has 0 saturated heterocycles. The third-order valence-corrected chi connectivity index (χ3v) is 2.83. The molecule has 6 nitrogen and oxygen atoms in total. The number of aryl methyl sites for hydroxylation is 2. The maximum absolute atomic E-state index is 10.5. The Hall–Kier alpha value is -1.63. The molecule has 0 atom stereocenters. The fourth-order valence-corrected chi connectivity index (χ4v) is 2.06. The van der Waals surface area contributed by atoms with Gasteiger partial charge < -0.3 is 5.11 Å². The van der Waals surface area contributed by atoms with Crippen LogP contribution in [0.4, 0.5) is 0 Å². The van der Waals surface area contributed by atoms with Gasteiger partial charge in [-0.25, -0.2) is 4.98 Å². The standard InChI is InChI=1S/C9H10N4O2S/c1-5-3-7(16-4-8(14)15)13-9(10-5)11-6(2)12-13/h3H,4H2,1-2H3,(H,14,15). The van der Waals surface area contributed by atoms with E-state index >= 15 is 0 Å². The Balaban J connectivity index is 2.45. The van der Waals surface area contributed by atoms with Gasteiger partial charge in [-0.2, -0.15) is 9.50 Å². The Labute approximate surface area is 95.7 Å². The largest absolute Gasteiger partial charge is 0.481 e. The van der Waals surface area contributed by atoms with Crippen LogP contribution in [0.1, 0.15) is 11.5 Å². The van der Waals surface area contributed by atoms with Crippen molar-refractivity contribution in [1.82, 2.24) is 19.6 Å². The van der Waals surface area contributed by atoms with Crippen molar-refractivity contribution in [3.63, 3.8) is 0 Å². The van der Waals surface area contributed by atoms with E-state index in [-0.39, 0.29) is 5.75 Å². The van der Waals surface area contributed by atoms with E-state index in [0.29, 0.717) is 11.6 Å². The number of aliphatic carboxylic acids is 1. The minimum atomic E-state index is -0.857. The number of aromatic nitrogens is 4. The summed E-state index contributed by atoms with van der Waals surface area (Å²) in [6.07, 6.45) is 0. The van der Waals surface area contributed by atoms with E-state index < -0.39 is 5.97 Å². The van der Waals surface area contributed by atoms with Gasteiger partial charge in [-0.3, -0.25) is 4.79 Å². The average Bonchev–Trinajstić information content (AvgIpc) is 2.54. The molecule has 7 heteroatoms. The highest BCUT2D eigenvalue weighted by atomic mass is 32.2. The summed E-state index contributed by atoms with van der Waals surface area (Å²) in [7, 11) is 0. The van der Waals surface area contributed by atoms with Crippen LogP contribution in [0.3, 0.4) is 0 Å². The first-order valence-corrected chi connectivity index (χ1v) is 5.60. The van der Waals surface area contributed by atoms with Gasteiger partial charge in [0, 0.05) is 5.69 Å². The monoisotopic (exact) mass is 238 g/mol. The predicted molar refractivity (Wildman–Crippen MR) is 58.6 cm³/mol. The third kappa shape index (κ3) is 2.13. The molecule has 0 bridgehead atoms. The van der Waals surface area contributed by atoms with E-state index in [4.69, 9.17) is 5.11 Å². The number of fused-ring (bicyclic) bond motifs is 1. The number of hydrogen-bond acceptors (Lipinski definition) is 5. The second-order valence-corrected chi connectivity index (χ2v) is 4.28. The van der Waals surface area contributed by atoms with Gasteiger partial charge in [0.2, 0.25) is 0 Å². The van der Waals surface area contributed by atoms with Crippen LogP contribution in [-0.4, -0.2) is 36.4 Å². The summed E-state index contributed by atoms with van der Waals surface area (Å²) in [5.74, 6) is 0.266. The highest BCUT2D eigenvalue weighted by molar-refractivity contribution is 7.99. The summed E-state index contributed by atoms with van der Waals surface area (Å²) in [4.78, 5) is 18.9. The summed E-state index contributed by atoms with van der Waals surface area (Å²) in [5.41, 5.74) is 0.799. The Bertz CT molecular complexity index is 552. The van der Waals surface area contributed by atoms with Crippen LogP contribution < -0.4 is 0 Å². The zero-order chi connectivity index (χ0) is 11.7.